The van der Waals surface area contributed by atoms with Gasteiger partial charge in [0.25, 0.3) is 5.91 Å². The van der Waals surface area contributed by atoms with Crippen LogP contribution < -0.4 is 11.1 Å². The van der Waals surface area contributed by atoms with Gasteiger partial charge in [0.05, 0.1) is 6.04 Å². The van der Waals surface area contributed by atoms with E-state index in [2.05, 4.69) is 10.3 Å². The number of hydrogen-bond acceptors (Lipinski definition) is 3. The Kier molecular flexibility index (Phi) is 12.4. The first-order valence-electron chi connectivity index (χ1n) is 11.1. The second-order valence-corrected chi connectivity index (χ2v) is 7.35. The summed E-state index contributed by atoms with van der Waals surface area (Å²) < 4.78 is 27.4. The lowest BCUT2D eigenvalue weighted by atomic mass is 10.1. The molecular weight excluding hydrogens is 426 g/mol. The van der Waals surface area contributed by atoms with Crippen molar-refractivity contribution in [2.45, 2.75) is 59.2 Å². The van der Waals surface area contributed by atoms with Gasteiger partial charge in [0.15, 0.2) is 5.96 Å². The molecule has 0 saturated carbocycles. The third-order valence-electron chi connectivity index (χ3n) is 4.68. The second kappa shape index (κ2) is 14.7. The summed E-state index contributed by atoms with van der Waals surface area (Å²) in [5.74, 6) is -1.18. The molecule has 1 unspecified atom stereocenters. The van der Waals surface area contributed by atoms with Crippen molar-refractivity contribution in [1.29, 1.82) is 0 Å². The normalized spacial score (nSPS) is 11.8. The van der Waals surface area contributed by atoms with Crippen LogP contribution in [0.2, 0.25) is 0 Å². The van der Waals surface area contributed by atoms with Gasteiger partial charge in [-0.05, 0) is 47.9 Å². The van der Waals surface area contributed by atoms with Crippen LogP contribution in [-0.2, 0) is 17.9 Å². The standard InChI is InChI=1S/C23H28F2N4O2.C2H6/c1-3-5-21(8-9-30)28-23(26)29(2)15-17-10-18(13-20(25)12-17)22(31)27-14-16-6-4-7-19(24)11-16;1-2/h4,6-7,9-13,21H,3,5,8,14-15H2,1-2H3,(H2,26,28)(H,27,31);1-2H3. The minimum Gasteiger partial charge on any atom is -0.370 e. The highest BCUT2D eigenvalue weighted by Crippen LogP contribution is 2.13. The van der Waals surface area contributed by atoms with Crippen molar-refractivity contribution in [1.82, 2.24) is 10.2 Å². The van der Waals surface area contributed by atoms with Crippen LogP contribution in [-0.4, -0.2) is 36.1 Å². The first-order chi connectivity index (χ1) is 15.8. The average molecular weight is 461 g/mol. The zero-order valence-electron chi connectivity index (χ0n) is 19.8. The summed E-state index contributed by atoms with van der Waals surface area (Å²) in [5.41, 5.74) is 7.34. The van der Waals surface area contributed by atoms with Crippen molar-refractivity contribution in [3.05, 3.63) is 70.8 Å². The van der Waals surface area contributed by atoms with Gasteiger partial charge in [0.2, 0.25) is 0 Å². The quantitative estimate of drug-likeness (QED) is 0.312. The molecule has 0 aliphatic heterocycles. The van der Waals surface area contributed by atoms with Crippen LogP contribution in [0.4, 0.5) is 8.78 Å². The molecular formula is C25H34F2N4O2. The predicted molar refractivity (Wildman–Crippen MR) is 128 cm³/mol. The number of rotatable bonds is 10. The Morgan fingerprint density at radius 3 is 2.48 bits per heavy atom. The van der Waals surface area contributed by atoms with E-state index in [1.54, 1.807) is 30.1 Å². The van der Waals surface area contributed by atoms with Crippen molar-refractivity contribution < 1.29 is 18.4 Å². The fourth-order valence-electron chi connectivity index (χ4n) is 3.12. The van der Waals surface area contributed by atoms with Gasteiger partial charge < -0.3 is 20.7 Å². The van der Waals surface area contributed by atoms with Crippen LogP contribution in [0.25, 0.3) is 0 Å². The number of carbonyl (C=O) groups excluding carboxylic acids is 2. The molecule has 0 heterocycles. The van der Waals surface area contributed by atoms with E-state index in [4.69, 9.17) is 5.73 Å². The molecule has 1 amide bonds. The van der Waals surface area contributed by atoms with Crippen LogP contribution in [0.3, 0.4) is 0 Å². The molecule has 2 aromatic rings. The molecule has 3 N–H and O–H groups in total. The highest BCUT2D eigenvalue weighted by molar-refractivity contribution is 5.94. The van der Waals surface area contributed by atoms with Crippen LogP contribution in [0.1, 0.15) is 61.5 Å². The Labute approximate surface area is 194 Å². The largest absolute Gasteiger partial charge is 0.370 e. The molecule has 0 radical (unpaired) electrons. The predicted octanol–water partition coefficient (Wildman–Crippen LogP) is 4.43. The first-order valence-corrected chi connectivity index (χ1v) is 11.1. The van der Waals surface area contributed by atoms with Crippen LogP contribution in [0.15, 0.2) is 47.5 Å². The number of halogens is 2. The molecule has 6 nitrogen and oxygen atoms in total. The van der Waals surface area contributed by atoms with E-state index in [9.17, 15) is 18.4 Å². The maximum Gasteiger partial charge on any atom is 0.251 e. The summed E-state index contributed by atoms with van der Waals surface area (Å²) in [4.78, 5) is 29.3. The average Bonchev–Trinajstić information content (AvgIpc) is 2.78. The number of aldehydes is 1. The lowest BCUT2D eigenvalue weighted by Gasteiger charge is -2.20. The number of nitrogens with two attached hydrogens (primary N) is 1. The van der Waals surface area contributed by atoms with Gasteiger partial charge in [0.1, 0.15) is 17.9 Å². The van der Waals surface area contributed by atoms with E-state index in [-0.39, 0.29) is 37.1 Å². The summed E-state index contributed by atoms with van der Waals surface area (Å²) in [5, 5.41) is 2.66. The molecule has 2 rings (SSSR count). The number of benzene rings is 2. The number of amides is 1. The van der Waals surface area contributed by atoms with Crippen molar-refractivity contribution >= 4 is 18.2 Å². The Balaban J connectivity index is 0.00000265. The van der Waals surface area contributed by atoms with E-state index in [0.717, 1.165) is 25.2 Å². The van der Waals surface area contributed by atoms with E-state index < -0.39 is 17.5 Å². The molecule has 180 valence electrons. The summed E-state index contributed by atoms with van der Waals surface area (Å²) >= 11 is 0. The van der Waals surface area contributed by atoms with Gasteiger partial charge in [-0.25, -0.2) is 13.8 Å². The lowest BCUT2D eigenvalue weighted by Crippen LogP contribution is -2.35. The third kappa shape index (κ3) is 9.80. The van der Waals surface area contributed by atoms with Crippen molar-refractivity contribution in [2.24, 2.45) is 10.7 Å². The third-order valence-corrected chi connectivity index (χ3v) is 4.68. The number of nitrogens with zero attached hydrogens (tertiary/aromatic N) is 2. The molecule has 0 bridgehead atoms. The zero-order chi connectivity index (χ0) is 24.8. The van der Waals surface area contributed by atoms with Gasteiger partial charge in [-0.2, -0.15) is 0 Å². The Bertz CT molecular complexity index is 934. The molecule has 8 heteroatoms. The van der Waals surface area contributed by atoms with E-state index >= 15 is 0 Å². The van der Waals surface area contributed by atoms with Crippen LogP contribution in [0.5, 0.6) is 0 Å². The van der Waals surface area contributed by atoms with Crippen molar-refractivity contribution in [2.75, 3.05) is 7.05 Å². The van der Waals surface area contributed by atoms with Gasteiger partial charge in [-0.3, -0.25) is 4.79 Å². The SMILES string of the molecule is CC.CCCC(CC=O)N=C(N)N(C)Cc1cc(F)cc(C(=O)NCc2cccc(F)c2)c1. The number of hydrogen-bond donors (Lipinski definition) is 2. The number of carbonyl (C=O) groups is 2. The summed E-state index contributed by atoms with van der Waals surface area (Å²) in [6, 6.07) is 9.73. The maximum absolute atomic E-state index is 14.1. The molecule has 33 heavy (non-hydrogen) atoms. The van der Waals surface area contributed by atoms with Gasteiger partial charge >= 0.3 is 0 Å². The van der Waals surface area contributed by atoms with E-state index in [1.807, 2.05) is 20.8 Å². The molecule has 0 saturated heterocycles. The molecule has 0 aliphatic rings. The summed E-state index contributed by atoms with van der Waals surface area (Å²) in [6.45, 7) is 6.36. The zero-order valence-corrected chi connectivity index (χ0v) is 19.8. The molecule has 1 atom stereocenters. The summed E-state index contributed by atoms with van der Waals surface area (Å²) in [7, 11) is 1.71. The molecule has 0 fully saturated rings. The fourth-order valence-corrected chi connectivity index (χ4v) is 3.12. The number of guanidine groups is 1. The maximum atomic E-state index is 14.1. The Hall–Kier alpha value is -3.29. The highest BCUT2D eigenvalue weighted by Gasteiger charge is 2.13. The monoisotopic (exact) mass is 460 g/mol. The van der Waals surface area contributed by atoms with Gasteiger partial charge in [-0.15, -0.1) is 0 Å². The molecule has 0 spiro atoms. The minimum absolute atomic E-state index is 0.123. The topological polar surface area (TPSA) is 87.8 Å². The van der Waals surface area contributed by atoms with Crippen LogP contribution in [0, 0.1) is 11.6 Å². The Morgan fingerprint density at radius 2 is 1.85 bits per heavy atom. The van der Waals surface area contributed by atoms with Gasteiger partial charge in [-0.1, -0.05) is 39.3 Å². The van der Waals surface area contributed by atoms with Gasteiger partial charge in [0, 0.05) is 32.1 Å². The van der Waals surface area contributed by atoms with E-state index in [1.165, 1.54) is 18.2 Å². The molecule has 0 aromatic heterocycles. The van der Waals surface area contributed by atoms with Crippen molar-refractivity contribution in [3.63, 3.8) is 0 Å². The highest BCUT2D eigenvalue weighted by atomic mass is 19.1. The first kappa shape index (κ1) is 27.7. The molecule has 0 aliphatic carbocycles. The Morgan fingerprint density at radius 1 is 1.15 bits per heavy atom. The van der Waals surface area contributed by atoms with Crippen LogP contribution >= 0.6 is 0 Å². The van der Waals surface area contributed by atoms with Crippen molar-refractivity contribution in [3.8, 4) is 0 Å². The smallest absolute Gasteiger partial charge is 0.251 e. The molecule has 2 aromatic carbocycles. The number of aliphatic imine (C=N–C) groups is 1. The summed E-state index contributed by atoms with van der Waals surface area (Å²) in [6.07, 6.45) is 2.72. The van der Waals surface area contributed by atoms with E-state index in [0.29, 0.717) is 11.1 Å². The second-order valence-electron chi connectivity index (χ2n) is 7.35. The minimum atomic E-state index is -0.554. The fraction of sp³-hybridized carbons (Fsp3) is 0.400. The number of nitrogens with one attached hydrogen (secondary N) is 1. The lowest BCUT2D eigenvalue weighted by molar-refractivity contribution is -0.108.